The summed E-state index contributed by atoms with van der Waals surface area (Å²) in [7, 11) is 0. The topological polar surface area (TPSA) is 42.0 Å². The van der Waals surface area contributed by atoms with E-state index in [0.29, 0.717) is 11.5 Å². The molecule has 1 heterocycles. The maximum absolute atomic E-state index is 12.5. The van der Waals surface area contributed by atoms with Crippen molar-refractivity contribution in [3.05, 3.63) is 59.3 Å². The molecule has 23 heavy (non-hydrogen) atoms. The van der Waals surface area contributed by atoms with E-state index in [-0.39, 0.29) is 11.9 Å². The number of rotatable bonds is 6. The van der Waals surface area contributed by atoms with Crippen LogP contribution < -0.4 is 5.32 Å². The van der Waals surface area contributed by atoms with Crippen molar-refractivity contribution in [3.8, 4) is 0 Å². The molecule has 1 N–H and O–H groups in total. The van der Waals surface area contributed by atoms with Gasteiger partial charge in [0.05, 0.1) is 11.6 Å². The van der Waals surface area contributed by atoms with Gasteiger partial charge in [-0.2, -0.15) is 0 Å². The van der Waals surface area contributed by atoms with Gasteiger partial charge in [-0.15, -0.1) is 11.8 Å². The summed E-state index contributed by atoms with van der Waals surface area (Å²) < 4.78 is 0. The van der Waals surface area contributed by atoms with Gasteiger partial charge >= 0.3 is 0 Å². The molecule has 3 nitrogen and oxygen atoms in total. The smallest absolute Gasteiger partial charge is 0.254 e. The Bertz CT molecular complexity index is 653. The summed E-state index contributed by atoms with van der Waals surface area (Å²) >= 11 is 1.48. The lowest BCUT2D eigenvalue weighted by molar-refractivity contribution is 0.0936. The predicted octanol–water partition coefficient (Wildman–Crippen LogP) is 4.49. The molecule has 2 rings (SSSR count). The van der Waals surface area contributed by atoms with Crippen molar-refractivity contribution in [2.24, 2.45) is 5.92 Å². The van der Waals surface area contributed by atoms with Crippen LogP contribution in [0.25, 0.3) is 0 Å². The van der Waals surface area contributed by atoms with Crippen molar-refractivity contribution in [2.45, 2.75) is 38.3 Å². The van der Waals surface area contributed by atoms with Gasteiger partial charge in [-0.1, -0.05) is 38.1 Å². The monoisotopic (exact) mass is 328 g/mol. The van der Waals surface area contributed by atoms with Crippen molar-refractivity contribution in [3.63, 3.8) is 0 Å². The van der Waals surface area contributed by atoms with Crippen LogP contribution in [-0.2, 0) is 6.42 Å². The van der Waals surface area contributed by atoms with Crippen molar-refractivity contribution in [1.29, 1.82) is 0 Å². The molecule has 1 aromatic carbocycles. The summed E-state index contributed by atoms with van der Waals surface area (Å²) in [5, 5.41) is 3.81. The number of pyridine rings is 1. The minimum atomic E-state index is -0.0822. The number of aromatic nitrogens is 1. The van der Waals surface area contributed by atoms with Crippen molar-refractivity contribution in [1.82, 2.24) is 10.3 Å². The van der Waals surface area contributed by atoms with E-state index in [2.05, 4.69) is 48.4 Å². The highest BCUT2D eigenvalue weighted by molar-refractivity contribution is 7.98. The number of amides is 1. The maximum atomic E-state index is 12.5. The molecule has 4 heteroatoms. The Labute approximate surface area is 142 Å². The molecule has 0 aliphatic carbocycles. The number of benzene rings is 1. The standard InChI is InChI=1S/C19H24N2OS/c1-13(2)12-15-7-9-16(10-8-15)14(3)21-18(22)17-6-5-11-20-19(17)23-4/h5-11,13-14H,12H2,1-4H3,(H,21,22)/t14-/m1/s1. The minimum Gasteiger partial charge on any atom is -0.345 e. The van der Waals surface area contributed by atoms with Gasteiger partial charge in [-0.05, 0) is 48.8 Å². The van der Waals surface area contributed by atoms with Gasteiger partial charge in [0, 0.05) is 6.20 Å². The number of thioether (sulfide) groups is 1. The first-order valence-electron chi connectivity index (χ1n) is 7.90. The zero-order valence-electron chi connectivity index (χ0n) is 14.2. The fourth-order valence-corrected chi connectivity index (χ4v) is 3.04. The Morgan fingerprint density at radius 1 is 1.17 bits per heavy atom. The highest BCUT2D eigenvalue weighted by atomic mass is 32.2. The van der Waals surface area contributed by atoms with Crippen LogP contribution in [0.1, 0.15) is 48.3 Å². The number of hydrogen-bond acceptors (Lipinski definition) is 3. The van der Waals surface area contributed by atoms with Crippen LogP contribution >= 0.6 is 11.8 Å². The molecule has 1 aromatic heterocycles. The first kappa shape index (κ1) is 17.5. The Kier molecular flexibility index (Phi) is 6.22. The average Bonchev–Trinajstić information content (AvgIpc) is 2.54. The molecule has 122 valence electrons. The normalized spacial score (nSPS) is 12.2. The minimum absolute atomic E-state index is 0.0366. The van der Waals surface area contributed by atoms with E-state index < -0.39 is 0 Å². The molecule has 0 saturated carbocycles. The number of carbonyl (C=O) groups excluding carboxylic acids is 1. The molecule has 0 aliphatic rings. The molecular formula is C19H24N2OS. The molecule has 0 aliphatic heterocycles. The third-order valence-corrected chi connectivity index (χ3v) is 4.39. The van der Waals surface area contributed by atoms with Crippen LogP contribution in [-0.4, -0.2) is 17.1 Å². The van der Waals surface area contributed by atoms with Crippen LogP contribution in [0, 0.1) is 5.92 Å². The van der Waals surface area contributed by atoms with Crippen LogP contribution in [0.3, 0.4) is 0 Å². The Balaban J connectivity index is 2.06. The van der Waals surface area contributed by atoms with E-state index in [1.807, 2.05) is 19.2 Å². The molecular weight excluding hydrogens is 304 g/mol. The molecule has 0 bridgehead atoms. The largest absolute Gasteiger partial charge is 0.345 e. The molecule has 0 spiro atoms. The zero-order valence-corrected chi connectivity index (χ0v) is 15.0. The van der Waals surface area contributed by atoms with Crippen LogP contribution in [0.2, 0.25) is 0 Å². The third-order valence-electron chi connectivity index (χ3n) is 3.68. The lowest BCUT2D eigenvalue weighted by Crippen LogP contribution is -2.27. The Hall–Kier alpha value is -1.81. The number of hydrogen-bond donors (Lipinski definition) is 1. The average molecular weight is 328 g/mol. The maximum Gasteiger partial charge on any atom is 0.254 e. The van der Waals surface area contributed by atoms with Crippen molar-refractivity contribution in [2.75, 3.05) is 6.26 Å². The summed E-state index contributed by atoms with van der Waals surface area (Å²) in [6.45, 7) is 6.44. The molecule has 2 aromatic rings. The highest BCUT2D eigenvalue weighted by Crippen LogP contribution is 2.19. The fourth-order valence-electron chi connectivity index (χ4n) is 2.50. The van der Waals surface area contributed by atoms with E-state index >= 15 is 0 Å². The second-order valence-corrected chi connectivity index (χ2v) is 6.89. The third kappa shape index (κ3) is 4.83. The lowest BCUT2D eigenvalue weighted by atomic mass is 10.00. The Morgan fingerprint density at radius 3 is 2.48 bits per heavy atom. The number of nitrogens with one attached hydrogen (secondary N) is 1. The molecule has 0 saturated heterocycles. The quantitative estimate of drug-likeness (QED) is 0.794. The van der Waals surface area contributed by atoms with E-state index in [1.54, 1.807) is 12.3 Å². The van der Waals surface area contributed by atoms with Gasteiger partial charge < -0.3 is 5.32 Å². The first-order chi connectivity index (χ1) is 11.0. The van der Waals surface area contributed by atoms with Gasteiger partial charge in [0.1, 0.15) is 5.03 Å². The molecule has 1 amide bonds. The van der Waals surface area contributed by atoms with E-state index in [9.17, 15) is 4.79 Å². The first-order valence-corrected chi connectivity index (χ1v) is 9.12. The Morgan fingerprint density at radius 2 is 1.87 bits per heavy atom. The van der Waals surface area contributed by atoms with Crippen LogP contribution in [0.5, 0.6) is 0 Å². The van der Waals surface area contributed by atoms with E-state index in [0.717, 1.165) is 17.0 Å². The zero-order chi connectivity index (χ0) is 16.8. The number of carbonyl (C=O) groups is 1. The summed E-state index contributed by atoms with van der Waals surface area (Å²) in [4.78, 5) is 16.7. The molecule has 0 radical (unpaired) electrons. The summed E-state index contributed by atoms with van der Waals surface area (Å²) in [6.07, 6.45) is 4.71. The summed E-state index contributed by atoms with van der Waals surface area (Å²) in [5.41, 5.74) is 3.07. The second kappa shape index (κ2) is 8.16. The number of nitrogens with zero attached hydrogens (tertiary/aromatic N) is 1. The second-order valence-electron chi connectivity index (χ2n) is 6.09. The van der Waals surface area contributed by atoms with E-state index in [1.165, 1.54) is 17.3 Å². The van der Waals surface area contributed by atoms with Gasteiger partial charge in [0.25, 0.3) is 5.91 Å². The SMILES string of the molecule is CSc1ncccc1C(=O)N[C@H](C)c1ccc(CC(C)C)cc1. The molecule has 0 unspecified atom stereocenters. The summed E-state index contributed by atoms with van der Waals surface area (Å²) in [6, 6.07) is 12.1. The van der Waals surface area contributed by atoms with Gasteiger partial charge in [0.15, 0.2) is 0 Å². The van der Waals surface area contributed by atoms with Crippen molar-refractivity contribution >= 4 is 17.7 Å². The van der Waals surface area contributed by atoms with Crippen LogP contribution in [0.15, 0.2) is 47.6 Å². The molecule has 0 fully saturated rings. The van der Waals surface area contributed by atoms with Gasteiger partial charge in [-0.25, -0.2) is 4.98 Å². The molecule has 1 atom stereocenters. The fraction of sp³-hybridized carbons (Fsp3) is 0.368. The lowest BCUT2D eigenvalue weighted by Gasteiger charge is -2.16. The highest BCUT2D eigenvalue weighted by Gasteiger charge is 2.15. The van der Waals surface area contributed by atoms with Gasteiger partial charge in [-0.3, -0.25) is 4.79 Å². The predicted molar refractivity (Wildman–Crippen MR) is 96.9 cm³/mol. The van der Waals surface area contributed by atoms with Crippen LogP contribution in [0.4, 0.5) is 0 Å². The van der Waals surface area contributed by atoms with E-state index in [4.69, 9.17) is 0 Å². The van der Waals surface area contributed by atoms with Gasteiger partial charge in [0.2, 0.25) is 0 Å². The summed E-state index contributed by atoms with van der Waals surface area (Å²) in [5.74, 6) is 0.565. The van der Waals surface area contributed by atoms with Crippen molar-refractivity contribution < 1.29 is 4.79 Å².